The third-order valence-corrected chi connectivity index (χ3v) is 4.00. The summed E-state index contributed by atoms with van der Waals surface area (Å²) in [6.45, 7) is 2.29. The minimum absolute atomic E-state index is 0.845. The highest BCUT2D eigenvalue weighted by Gasteiger charge is 1.93. The number of hydrogen-bond acceptors (Lipinski definition) is 0. The summed E-state index contributed by atoms with van der Waals surface area (Å²) in [4.78, 5) is 0. The van der Waals surface area contributed by atoms with Crippen LogP contribution in [-0.2, 0) is 0 Å². The predicted molar refractivity (Wildman–Crippen MR) is 85.6 cm³/mol. The molecule has 0 N–H and O–H groups in total. The second-order valence-electron chi connectivity index (χ2n) is 5.64. The fourth-order valence-corrected chi connectivity index (χ4v) is 2.65. The largest absolute Gasteiger partial charge is 0.127 e. The van der Waals surface area contributed by atoms with Gasteiger partial charge in [-0.15, -0.1) is 11.6 Å². The van der Waals surface area contributed by atoms with Crippen molar-refractivity contribution in [1.29, 1.82) is 0 Å². The van der Waals surface area contributed by atoms with Gasteiger partial charge in [-0.25, -0.2) is 0 Å². The summed E-state index contributed by atoms with van der Waals surface area (Å²) in [5, 5.41) is 0. The minimum Gasteiger partial charge on any atom is -0.127 e. The first-order valence-electron chi connectivity index (χ1n) is 8.47. The van der Waals surface area contributed by atoms with E-state index in [0.29, 0.717) is 0 Å². The monoisotopic (exact) mass is 274 g/mol. The molecule has 0 aromatic rings. The van der Waals surface area contributed by atoms with Crippen LogP contribution in [0.4, 0.5) is 0 Å². The SMILES string of the molecule is CCCCCCCCCCCCCCCCCCl. The second kappa shape index (κ2) is 17.3. The van der Waals surface area contributed by atoms with Crippen LogP contribution >= 0.6 is 11.6 Å². The zero-order valence-electron chi connectivity index (χ0n) is 12.7. The Morgan fingerprint density at radius 2 is 0.722 bits per heavy atom. The zero-order chi connectivity index (χ0) is 13.3. The van der Waals surface area contributed by atoms with E-state index in [1.54, 1.807) is 0 Å². The molecular weight excluding hydrogens is 240 g/mol. The van der Waals surface area contributed by atoms with Crippen molar-refractivity contribution in [3.8, 4) is 0 Å². The summed E-state index contributed by atoms with van der Waals surface area (Å²) in [7, 11) is 0. The second-order valence-corrected chi connectivity index (χ2v) is 6.02. The van der Waals surface area contributed by atoms with Gasteiger partial charge in [0, 0.05) is 5.88 Å². The van der Waals surface area contributed by atoms with E-state index < -0.39 is 0 Å². The summed E-state index contributed by atoms with van der Waals surface area (Å²) >= 11 is 5.65. The molecule has 0 aromatic carbocycles. The molecular formula is C17H35Cl. The highest BCUT2D eigenvalue weighted by Crippen LogP contribution is 2.13. The lowest BCUT2D eigenvalue weighted by Gasteiger charge is -2.02. The maximum Gasteiger partial charge on any atom is 0.0223 e. The third kappa shape index (κ3) is 16.3. The van der Waals surface area contributed by atoms with Gasteiger partial charge in [-0.3, -0.25) is 0 Å². The molecule has 0 aliphatic rings. The van der Waals surface area contributed by atoms with Gasteiger partial charge in [-0.1, -0.05) is 96.8 Å². The van der Waals surface area contributed by atoms with E-state index in [0.717, 1.165) is 5.88 Å². The third-order valence-electron chi connectivity index (χ3n) is 3.74. The molecule has 0 nitrogen and oxygen atoms in total. The molecule has 0 aliphatic heterocycles. The van der Waals surface area contributed by atoms with Crippen LogP contribution in [0.3, 0.4) is 0 Å². The predicted octanol–water partition coefficient (Wildman–Crippen LogP) is 7.10. The Balaban J connectivity index is 2.86. The molecule has 0 atom stereocenters. The summed E-state index contributed by atoms with van der Waals surface area (Å²) < 4.78 is 0. The first kappa shape index (κ1) is 18.3. The lowest BCUT2D eigenvalue weighted by atomic mass is 10.0. The summed E-state index contributed by atoms with van der Waals surface area (Å²) in [6.07, 6.45) is 21.3. The van der Waals surface area contributed by atoms with Gasteiger partial charge in [-0.2, -0.15) is 0 Å². The van der Waals surface area contributed by atoms with E-state index in [4.69, 9.17) is 11.6 Å². The Morgan fingerprint density at radius 3 is 1.00 bits per heavy atom. The molecule has 1 heteroatoms. The van der Waals surface area contributed by atoms with Crippen molar-refractivity contribution in [2.24, 2.45) is 0 Å². The van der Waals surface area contributed by atoms with Crippen molar-refractivity contribution >= 4 is 11.6 Å². The Kier molecular flexibility index (Phi) is 17.6. The number of rotatable bonds is 15. The van der Waals surface area contributed by atoms with Crippen LogP contribution < -0.4 is 0 Å². The van der Waals surface area contributed by atoms with E-state index in [2.05, 4.69) is 6.92 Å². The Labute approximate surface area is 121 Å². The number of hydrogen-bond donors (Lipinski definition) is 0. The topological polar surface area (TPSA) is 0 Å². The molecule has 0 fully saturated rings. The molecule has 0 aromatic heterocycles. The lowest BCUT2D eigenvalue weighted by molar-refractivity contribution is 0.535. The smallest absolute Gasteiger partial charge is 0.0223 e. The average Bonchev–Trinajstić information content (AvgIpc) is 2.39. The molecule has 0 saturated heterocycles. The molecule has 0 rings (SSSR count). The van der Waals surface area contributed by atoms with E-state index in [-0.39, 0.29) is 0 Å². The molecule has 0 radical (unpaired) electrons. The lowest BCUT2D eigenvalue weighted by Crippen LogP contribution is -1.83. The van der Waals surface area contributed by atoms with E-state index >= 15 is 0 Å². The van der Waals surface area contributed by atoms with Gasteiger partial charge in [0.2, 0.25) is 0 Å². The van der Waals surface area contributed by atoms with Crippen molar-refractivity contribution in [3.63, 3.8) is 0 Å². The highest BCUT2D eigenvalue weighted by atomic mass is 35.5. The molecule has 0 spiro atoms. The number of unbranched alkanes of at least 4 members (excludes halogenated alkanes) is 14. The first-order chi connectivity index (χ1) is 8.91. The van der Waals surface area contributed by atoms with Gasteiger partial charge >= 0.3 is 0 Å². The standard InChI is InChI=1S/C17H35Cl/c1-2-3-4-5-6-7-8-9-10-11-12-13-14-15-16-17-18/h2-17H2,1H3. The normalized spacial score (nSPS) is 11.0. The van der Waals surface area contributed by atoms with Gasteiger partial charge < -0.3 is 0 Å². The average molecular weight is 275 g/mol. The molecule has 0 saturated carbocycles. The molecule has 110 valence electrons. The van der Waals surface area contributed by atoms with Crippen molar-refractivity contribution in [3.05, 3.63) is 0 Å². The first-order valence-corrected chi connectivity index (χ1v) is 9.01. The van der Waals surface area contributed by atoms with Crippen LogP contribution in [0.5, 0.6) is 0 Å². The molecule has 0 heterocycles. The van der Waals surface area contributed by atoms with Crippen molar-refractivity contribution < 1.29 is 0 Å². The van der Waals surface area contributed by atoms with E-state index in [9.17, 15) is 0 Å². The van der Waals surface area contributed by atoms with Crippen LogP contribution in [0.2, 0.25) is 0 Å². The van der Waals surface area contributed by atoms with Crippen LogP contribution in [0, 0.1) is 0 Å². The zero-order valence-corrected chi connectivity index (χ0v) is 13.4. The van der Waals surface area contributed by atoms with E-state index in [1.165, 1.54) is 96.3 Å². The molecule has 0 bridgehead atoms. The Morgan fingerprint density at radius 1 is 0.444 bits per heavy atom. The van der Waals surface area contributed by atoms with Gasteiger partial charge in [0.1, 0.15) is 0 Å². The summed E-state index contributed by atoms with van der Waals surface area (Å²) in [5.74, 6) is 0.845. The molecule has 0 amide bonds. The number of halogens is 1. The fraction of sp³-hybridized carbons (Fsp3) is 1.00. The quantitative estimate of drug-likeness (QED) is 0.221. The van der Waals surface area contributed by atoms with Crippen LogP contribution in [0.25, 0.3) is 0 Å². The molecule has 0 aliphatic carbocycles. The maximum atomic E-state index is 5.65. The van der Waals surface area contributed by atoms with Gasteiger partial charge in [0.15, 0.2) is 0 Å². The van der Waals surface area contributed by atoms with Gasteiger partial charge in [0.05, 0.1) is 0 Å². The van der Waals surface area contributed by atoms with E-state index in [1.807, 2.05) is 0 Å². The minimum atomic E-state index is 0.845. The van der Waals surface area contributed by atoms with Crippen molar-refractivity contribution in [2.75, 3.05) is 5.88 Å². The summed E-state index contributed by atoms with van der Waals surface area (Å²) in [6, 6.07) is 0. The number of alkyl halides is 1. The maximum absolute atomic E-state index is 5.65. The van der Waals surface area contributed by atoms with Crippen LogP contribution in [-0.4, -0.2) is 5.88 Å². The Bertz CT molecular complexity index is 118. The molecule has 18 heavy (non-hydrogen) atoms. The van der Waals surface area contributed by atoms with Crippen molar-refractivity contribution in [1.82, 2.24) is 0 Å². The summed E-state index contributed by atoms with van der Waals surface area (Å²) in [5.41, 5.74) is 0. The van der Waals surface area contributed by atoms with Gasteiger partial charge in [0.25, 0.3) is 0 Å². The van der Waals surface area contributed by atoms with Crippen molar-refractivity contribution in [2.45, 2.75) is 103 Å². The fourth-order valence-electron chi connectivity index (χ4n) is 2.47. The van der Waals surface area contributed by atoms with Crippen LogP contribution in [0.15, 0.2) is 0 Å². The van der Waals surface area contributed by atoms with Crippen LogP contribution in [0.1, 0.15) is 103 Å². The Hall–Kier alpha value is 0.290. The highest BCUT2D eigenvalue weighted by molar-refractivity contribution is 6.17. The van der Waals surface area contributed by atoms with Gasteiger partial charge in [-0.05, 0) is 6.42 Å². The molecule has 0 unspecified atom stereocenters.